The summed E-state index contributed by atoms with van der Waals surface area (Å²) in [7, 11) is 0. The van der Waals surface area contributed by atoms with Crippen molar-refractivity contribution in [2.45, 2.75) is 0 Å². The number of pyridine rings is 2. The van der Waals surface area contributed by atoms with Crippen LogP contribution in [0.15, 0.2) is 189 Å². The van der Waals surface area contributed by atoms with Crippen LogP contribution in [0.25, 0.3) is 22.3 Å². The van der Waals surface area contributed by atoms with E-state index in [0.717, 1.165) is 22.3 Å². The van der Waals surface area contributed by atoms with Crippen molar-refractivity contribution < 1.29 is 9.85 Å². The summed E-state index contributed by atoms with van der Waals surface area (Å²) in [4.78, 5) is 52.0. The van der Waals surface area contributed by atoms with Crippen LogP contribution in [-0.4, -0.2) is 42.7 Å². The van der Waals surface area contributed by atoms with Gasteiger partial charge in [-0.15, -0.1) is 0 Å². The molecule has 0 N–H and O–H groups in total. The molecule has 0 spiro atoms. The Kier molecular flexibility index (Phi) is 7.74. The Morgan fingerprint density at radius 3 is 1.02 bits per heavy atom. The maximum Gasteiger partial charge on any atom is 0.270 e. The Bertz CT molecular complexity index is 2650. The largest absolute Gasteiger partial charge is 0.270 e. The third-order valence-electron chi connectivity index (χ3n) is 9.24. The van der Waals surface area contributed by atoms with Crippen molar-refractivity contribution in [3.05, 3.63) is 211 Å². The van der Waals surface area contributed by atoms with E-state index in [4.69, 9.17) is 20.0 Å². The predicted octanol–water partition coefficient (Wildman–Crippen LogP) is 8.29. The summed E-state index contributed by atoms with van der Waals surface area (Å²) in [5.74, 6) is 0. The van der Waals surface area contributed by atoms with Crippen LogP contribution in [0.1, 0.15) is 22.3 Å². The molecule has 54 heavy (non-hydrogen) atoms. The molecular formula is C42H24N8O4. The first kappa shape index (κ1) is 32.1. The second kappa shape index (κ2) is 13.0. The normalized spacial score (nSPS) is 17.0. The average Bonchev–Trinajstić information content (AvgIpc) is 4.04. The number of aliphatic imine (C=N–C) groups is 4. The lowest BCUT2D eigenvalue weighted by molar-refractivity contribution is -0.385. The van der Waals surface area contributed by atoms with Gasteiger partial charge >= 0.3 is 0 Å². The van der Waals surface area contributed by atoms with Crippen molar-refractivity contribution in [2.24, 2.45) is 20.0 Å². The number of nitrogens with zero attached hydrogens (tertiary/aromatic N) is 8. The third kappa shape index (κ3) is 5.69. The Morgan fingerprint density at radius 2 is 0.704 bits per heavy atom. The fraction of sp³-hybridized carbons (Fsp3) is 0. The number of aromatic nitrogens is 2. The number of non-ortho nitro benzene ring substituents is 2. The Balaban J connectivity index is 1.37. The van der Waals surface area contributed by atoms with Crippen LogP contribution in [0.3, 0.4) is 0 Å². The minimum absolute atomic E-state index is 0.0816. The summed E-state index contributed by atoms with van der Waals surface area (Å²) in [5, 5.41) is 23.8. The molecule has 0 aliphatic carbocycles. The van der Waals surface area contributed by atoms with Crippen LogP contribution in [0, 0.1) is 20.2 Å². The van der Waals surface area contributed by atoms with E-state index in [2.05, 4.69) is 9.97 Å². The number of rotatable bonds is 6. The first-order chi connectivity index (χ1) is 26.4. The highest BCUT2D eigenvalue weighted by Gasteiger charge is 2.28. The van der Waals surface area contributed by atoms with Gasteiger partial charge in [0.25, 0.3) is 11.4 Å². The van der Waals surface area contributed by atoms with Gasteiger partial charge in [-0.05, 0) is 95.1 Å². The van der Waals surface area contributed by atoms with E-state index in [9.17, 15) is 20.2 Å². The first-order valence-electron chi connectivity index (χ1n) is 16.8. The molecule has 8 bridgehead atoms. The summed E-state index contributed by atoms with van der Waals surface area (Å²) in [6.45, 7) is 0. The van der Waals surface area contributed by atoms with Gasteiger partial charge in [-0.2, -0.15) is 0 Å². The van der Waals surface area contributed by atoms with E-state index < -0.39 is 9.85 Å². The average molecular weight is 705 g/mol. The number of hydrogen-bond acceptors (Lipinski definition) is 10. The topological polar surface area (TPSA) is 162 Å². The monoisotopic (exact) mass is 704 g/mol. The van der Waals surface area contributed by atoms with Crippen LogP contribution in [-0.2, 0) is 0 Å². The quantitative estimate of drug-likeness (QED) is 0.145. The highest BCUT2D eigenvalue weighted by molar-refractivity contribution is 6.39. The zero-order chi connectivity index (χ0) is 36.8. The van der Waals surface area contributed by atoms with E-state index in [0.29, 0.717) is 67.9 Å². The lowest BCUT2D eigenvalue weighted by Gasteiger charge is -2.12. The van der Waals surface area contributed by atoms with Crippen molar-refractivity contribution in [3.8, 4) is 0 Å². The van der Waals surface area contributed by atoms with Crippen molar-refractivity contribution in [1.82, 2.24) is 9.97 Å². The Hall–Kier alpha value is -7.86. The van der Waals surface area contributed by atoms with E-state index in [1.54, 1.807) is 49.1 Å². The standard InChI is InChI=1S/C42H24N8O4/c51-49(52)29-5-1-3-27(23-29)41-35-11-9-33(46-35)39(25-15-19-43-20-16-25)31-7-8-32(45-31)40(26-17-21-44-22-18-26)34-10-12-36(47-34)42(38-14-13-37(41)48-38)28-4-2-6-30(24-28)50(53)54/h1-24H. The fourth-order valence-corrected chi connectivity index (χ4v) is 6.86. The summed E-state index contributed by atoms with van der Waals surface area (Å²) < 4.78 is 0. The molecule has 4 aromatic rings. The zero-order valence-electron chi connectivity index (χ0n) is 28.1. The number of fused-ring (bicyclic) bond motifs is 4. The molecular weight excluding hydrogens is 681 g/mol. The first-order valence-corrected chi connectivity index (χ1v) is 16.8. The SMILES string of the molecule is O=[N+]([O-])c1cccc(C2=C3C=CC(=N3)C(c3cccc([N+](=O)[O-])c3)=C3C=CC(=N3)C(c3ccncc3)=C3C=CC(=N3)C(c3ccncc3)=C3C=CC2=N3)c1. The maximum absolute atomic E-state index is 11.9. The second-order valence-corrected chi connectivity index (χ2v) is 12.4. The molecule has 2 aromatic heterocycles. The molecule has 0 radical (unpaired) electrons. The number of hydrogen-bond donors (Lipinski definition) is 0. The summed E-state index contributed by atoms with van der Waals surface area (Å²) in [6.07, 6.45) is 21.9. The Labute approximate surface area is 307 Å². The van der Waals surface area contributed by atoms with E-state index in [-0.39, 0.29) is 11.4 Å². The number of nitro groups is 2. The smallest absolute Gasteiger partial charge is 0.265 e. The highest BCUT2D eigenvalue weighted by atomic mass is 16.6. The molecule has 0 unspecified atom stereocenters. The zero-order valence-corrected chi connectivity index (χ0v) is 28.1. The summed E-state index contributed by atoms with van der Waals surface area (Å²) >= 11 is 0. The van der Waals surface area contributed by atoms with Gasteiger partial charge in [0.05, 0.1) is 55.5 Å². The fourth-order valence-electron chi connectivity index (χ4n) is 6.86. The van der Waals surface area contributed by atoms with Gasteiger partial charge < -0.3 is 0 Å². The lowest BCUT2D eigenvalue weighted by atomic mass is 9.98. The van der Waals surface area contributed by atoms with Crippen LogP contribution in [0.2, 0.25) is 0 Å². The van der Waals surface area contributed by atoms with Crippen molar-refractivity contribution in [3.63, 3.8) is 0 Å². The van der Waals surface area contributed by atoms with Gasteiger partial charge in [-0.25, -0.2) is 20.0 Å². The van der Waals surface area contributed by atoms with Crippen molar-refractivity contribution in [2.75, 3.05) is 0 Å². The molecule has 9 rings (SSSR count). The molecule has 12 heteroatoms. The number of allylic oxidation sites excluding steroid dienone is 12. The van der Waals surface area contributed by atoms with Gasteiger partial charge in [0.1, 0.15) is 0 Å². The van der Waals surface area contributed by atoms with E-state index in [1.165, 1.54) is 24.3 Å². The Morgan fingerprint density at radius 1 is 0.389 bits per heavy atom. The van der Waals surface area contributed by atoms with Gasteiger partial charge in [0.15, 0.2) is 0 Å². The summed E-state index contributed by atoms with van der Waals surface area (Å²) in [6, 6.07) is 20.3. The predicted molar refractivity (Wildman–Crippen MR) is 209 cm³/mol. The van der Waals surface area contributed by atoms with Gasteiger partial charge in [-0.3, -0.25) is 30.2 Å². The van der Waals surface area contributed by atoms with Crippen molar-refractivity contribution in [1.29, 1.82) is 0 Å². The molecule has 0 saturated heterocycles. The molecule has 2 aromatic carbocycles. The molecule has 5 aliphatic heterocycles. The molecule has 256 valence electrons. The van der Waals surface area contributed by atoms with Crippen LogP contribution in [0.4, 0.5) is 11.4 Å². The number of nitro benzene ring substituents is 2. The van der Waals surface area contributed by atoms with Crippen LogP contribution >= 0.6 is 0 Å². The lowest BCUT2D eigenvalue weighted by Crippen LogP contribution is -2.04. The molecule has 12 nitrogen and oxygen atoms in total. The maximum atomic E-state index is 11.9. The minimum atomic E-state index is -0.439. The van der Waals surface area contributed by atoms with Crippen LogP contribution < -0.4 is 0 Å². The molecule has 0 fully saturated rings. The van der Waals surface area contributed by atoms with E-state index in [1.807, 2.05) is 72.9 Å². The molecule has 7 heterocycles. The van der Waals surface area contributed by atoms with E-state index >= 15 is 0 Å². The number of benzene rings is 2. The van der Waals surface area contributed by atoms with Crippen LogP contribution in [0.5, 0.6) is 0 Å². The molecule has 5 aliphatic rings. The highest BCUT2D eigenvalue weighted by Crippen LogP contribution is 2.39. The van der Waals surface area contributed by atoms with Crippen molar-refractivity contribution >= 4 is 56.5 Å². The van der Waals surface area contributed by atoms with Gasteiger partial charge in [-0.1, -0.05) is 24.3 Å². The van der Waals surface area contributed by atoms with Gasteiger partial charge in [0, 0.05) is 71.3 Å². The molecule has 0 amide bonds. The van der Waals surface area contributed by atoms with Gasteiger partial charge in [0.2, 0.25) is 0 Å². The minimum Gasteiger partial charge on any atom is -0.265 e. The third-order valence-corrected chi connectivity index (χ3v) is 9.24. The summed E-state index contributed by atoms with van der Waals surface area (Å²) in [5.41, 5.74) is 9.95. The molecule has 0 atom stereocenters. The molecule has 0 saturated carbocycles. The second-order valence-electron chi connectivity index (χ2n) is 12.4.